The highest BCUT2D eigenvalue weighted by molar-refractivity contribution is 5.19. The molecule has 1 nitrogen and oxygen atoms in total. The fraction of sp³-hybridized carbons (Fsp3) is 0.833. The van der Waals surface area contributed by atoms with E-state index >= 15 is 0 Å². The summed E-state index contributed by atoms with van der Waals surface area (Å²) in [5.41, 5.74) is 1.70. The van der Waals surface area contributed by atoms with Crippen LogP contribution in [0.5, 0.6) is 0 Å². The Balaban J connectivity index is 1.68. The van der Waals surface area contributed by atoms with Gasteiger partial charge in [-0.1, -0.05) is 37.8 Å². The number of fused-ring (bicyclic) bond motifs is 2. The van der Waals surface area contributed by atoms with E-state index in [1.165, 1.54) is 38.5 Å². The largest absolute Gasteiger partial charge is 0.373 e. The van der Waals surface area contributed by atoms with Crippen LogP contribution in [0.3, 0.4) is 0 Å². The maximum Gasteiger partial charge on any atom is 0.0765 e. The quantitative estimate of drug-likeness (QED) is 0.466. The Labute approximate surface area is 81.2 Å². The van der Waals surface area contributed by atoms with Crippen molar-refractivity contribution >= 4 is 0 Å². The van der Waals surface area contributed by atoms with Gasteiger partial charge in [-0.3, -0.25) is 0 Å². The van der Waals surface area contributed by atoms with Gasteiger partial charge < -0.3 is 4.74 Å². The van der Waals surface area contributed by atoms with Crippen molar-refractivity contribution in [3.05, 3.63) is 11.6 Å². The van der Waals surface area contributed by atoms with E-state index in [2.05, 4.69) is 13.0 Å². The maximum absolute atomic E-state index is 5.53. The highest BCUT2D eigenvalue weighted by Crippen LogP contribution is 2.37. The van der Waals surface area contributed by atoms with Gasteiger partial charge >= 0.3 is 0 Å². The third-order valence-electron chi connectivity index (χ3n) is 3.27. The number of unbranched alkanes of at least 4 members (excludes halogenated alkanes) is 3. The SMILES string of the molecule is CCCCCCC1=CC2CC1CO2. The zero-order valence-corrected chi connectivity index (χ0v) is 8.59. The summed E-state index contributed by atoms with van der Waals surface area (Å²) in [6.45, 7) is 3.27. The molecule has 2 rings (SSSR count). The third kappa shape index (κ3) is 2.14. The minimum Gasteiger partial charge on any atom is -0.373 e. The number of rotatable bonds is 5. The Bertz CT molecular complexity index is 195. The Morgan fingerprint density at radius 2 is 2.31 bits per heavy atom. The van der Waals surface area contributed by atoms with Crippen molar-refractivity contribution in [3.8, 4) is 0 Å². The van der Waals surface area contributed by atoms with Crippen LogP contribution in [0.15, 0.2) is 11.6 Å². The number of hydrogen-bond acceptors (Lipinski definition) is 1. The molecule has 0 saturated carbocycles. The molecule has 1 heterocycles. The summed E-state index contributed by atoms with van der Waals surface area (Å²) in [7, 11) is 0. The Kier molecular flexibility index (Phi) is 3.05. The van der Waals surface area contributed by atoms with Gasteiger partial charge in [-0.15, -0.1) is 0 Å². The topological polar surface area (TPSA) is 9.23 Å². The van der Waals surface area contributed by atoms with E-state index in [4.69, 9.17) is 4.74 Å². The van der Waals surface area contributed by atoms with Gasteiger partial charge in [0, 0.05) is 5.92 Å². The second-order valence-corrected chi connectivity index (χ2v) is 4.36. The molecule has 0 aromatic rings. The van der Waals surface area contributed by atoms with Crippen molar-refractivity contribution in [1.29, 1.82) is 0 Å². The third-order valence-corrected chi connectivity index (χ3v) is 3.27. The van der Waals surface area contributed by atoms with Crippen LogP contribution in [0.1, 0.15) is 45.4 Å². The second-order valence-electron chi connectivity index (χ2n) is 4.36. The molecule has 1 heteroatoms. The lowest BCUT2D eigenvalue weighted by Gasteiger charge is -2.12. The first kappa shape index (κ1) is 9.26. The van der Waals surface area contributed by atoms with Crippen LogP contribution < -0.4 is 0 Å². The fourth-order valence-corrected chi connectivity index (χ4v) is 2.45. The minimum atomic E-state index is 0.492. The molecule has 0 radical (unpaired) electrons. The zero-order chi connectivity index (χ0) is 9.10. The molecule has 0 aromatic carbocycles. The summed E-state index contributed by atoms with van der Waals surface area (Å²) in [5, 5.41) is 0. The van der Waals surface area contributed by atoms with Crippen LogP contribution in [-0.2, 0) is 4.74 Å². The highest BCUT2D eigenvalue weighted by atomic mass is 16.5. The number of ether oxygens (including phenoxy) is 1. The van der Waals surface area contributed by atoms with Gasteiger partial charge in [-0.2, -0.15) is 0 Å². The molecule has 1 saturated heterocycles. The van der Waals surface area contributed by atoms with Gasteiger partial charge in [0.15, 0.2) is 0 Å². The van der Waals surface area contributed by atoms with Crippen LogP contribution in [0.2, 0.25) is 0 Å². The second kappa shape index (κ2) is 4.28. The standard InChI is InChI=1S/C12H20O/c1-2-3-4-5-6-10-7-12-8-11(10)9-13-12/h7,11-12H,2-6,8-9H2,1H3. The van der Waals surface area contributed by atoms with Crippen molar-refractivity contribution in [1.82, 2.24) is 0 Å². The van der Waals surface area contributed by atoms with Gasteiger partial charge in [0.2, 0.25) is 0 Å². The molecule has 0 N–H and O–H groups in total. The first-order valence-corrected chi connectivity index (χ1v) is 5.72. The minimum absolute atomic E-state index is 0.492. The van der Waals surface area contributed by atoms with E-state index in [0.29, 0.717) is 6.10 Å². The molecule has 74 valence electrons. The monoisotopic (exact) mass is 180 g/mol. The fourth-order valence-electron chi connectivity index (χ4n) is 2.45. The molecule has 1 fully saturated rings. The lowest BCUT2D eigenvalue weighted by molar-refractivity contribution is 0.132. The van der Waals surface area contributed by atoms with E-state index < -0.39 is 0 Å². The van der Waals surface area contributed by atoms with E-state index in [9.17, 15) is 0 Å². The highest BCUT2D eigenvalue weighted by Gasteiger charge is 2.32. The van der Waals surface area contributed by atoms with Crippen LogP contribution in [0.25, 0.3) is 0 Å². The predicted octanol–water partition coefficient (Wildman–Crippen LogP) is 3.30. The van der Waals surface area contributed by atoms with Crippen molar-refractivity contribution < 1.29 is 4.74 Å². The molecule has 13 heavy (non-hydrogen) atoms. The lowest BCUT2D eigenvalue weighted by Crippen LogP contribution is -2.06. The summed E-state index contributed by atoms with van der Waals surface area (Å²) in [4.78, 5) is 0. The lowest BCUT2D eigenvalue weighted by atomic mass is 9.98. The zero-order valence-electron chi connectivity index (χ0n) is 8.59. The average Bonchev–Trinajstić information content (AvgIpc) is 2.73. The van der Waals surface area contributed by atoms with Gasteiger partial charge in [0.25, 0.3) is 0 Å². The van der Waals surface area contributed by atoms with E-state index in [-0.39, 0.29) is 0 Å². The summed E-state index contributed by atoms with van der Waals surface area (Å²) >= 11 is 0. The normalized spacial score (nSPS) is 31.0. The van der Waals surface area contributed by atoms with E-state index in [1.54, 1.807) is 5.57 Å². The van der Waals surface area contributed by atoms with Crippen LogP contribution in [0, 0.1) is 5.92 Å². The van der Waals surface area contributed by atoms with Crippen molar-refractivity contribution in [3.63, 3.8) is 0 Å². The Morgan fingerprint density at radius 1 is 1.38 bits per heavy atom. The average molecular weight is 180 g/mol. The van der Waals surface area contributed by atoms with Crippen LogP contribution >= 0.6 is 0 Å². The molecule has 2 bridgehead atoms. The Morgan fingerprint density at radius 3 is 2.92 bits per heavy atom. The molecule has 0 aromatic heterocycles. The molecule has 2 atom stereocenters. The van der Waals surface area contributed by atoms with E-state index in [1.807, 2.05) is 0 Å². The van der Waals surface area contributed by atoms with E-state index in [0.717, 1.165) is 12.5 Å². The van der Waals surface area contributed by atoms with Crippen molar-refractivity contribution in [2.45, 2.75) is 51.6 Å². The van der Waals surface area contributed by atoms with Gasteiger partial charge in [0.1, 0.15) is 0 Å². The summed E-state index contributed by atoms with van der Waals surface area (Å²) < 4.78 is 5.53. The molecule has 0 spiro atoms. The number of hydrogen-bond donors (Lipinski definition) is 0. The first-order chi connectivity index (χ1) is 6.40. The molecular formula is C12H20O. The first-order valence-electron chi connectivity index (χ1n) is 5.72. The van der Waals surface area contributed by atoms with Crippen LogP contribution in [0.4, 0.5) is 0 Å². The molecule has 2 unspecified atom stereocenters. The van der Waals surface area contributed by atoms with Crippen molar-refractivity contribution in [2.75, 3.05) is 6.61 Å². The smallest absolute Gasteiger partial charge is 0.0765 e. The van der Waals surface area contributed by atoms with Crippen LogP contribution in [-0.4, -0.2) is 12.7 Å². The maximum atomic E-state index is 5.53. The van der Waals surface area contributed by atoms with Gasteiger partial charge in [-0.05, 0) is 19.3 Å². The Hall–Kier alpha value is -0.300. The van der Waals surface area contributed by atoms with Crippen molar-refractivity contribution in [2.24, 2.45) is 5.92 Å². The summed E-state index contributed by atoms with van der Waals surface area (Å²) in [6, 6.07) is 0. The predicted molar refractivity (Wildman–Crippen MR) is 54.7 cm³/mol. The van der Waals surface area contributed by atoms with Gasteiger partial charge in [0.05, 0.1) is 12.7 Å². The molecule has 2 aliphatic rings. The summed E-state index contributed by atoms with van der Waals surface area (Å²) in [6.07, 6.45) is 11.0. The molecular weight excluding hydrogens is 160 g/mol. The summed E-state index contributed by atoms with van der Waals surface area (Å²) in [5.74, 6) is 0.798. The molecule has 1 aliphatic heterocycles. The molecule has 1 aliphatic carbocycles. The van der Waals surface area contributed by atoms with Gasteiger partial charge in [-0.25, -0.2) is 0 Å². The molecule has 0 amide bonds.